The SMILES string of the molecule is CCN(Cc1ccco1)C(C)(CN)Cc1ccc(F)cc1. The van der Waals surface area contributed by atoms with Crippen LogP contribution in [0.25, 0.3) is 0 Å². The molecule has 0 aliphatic carbocycles. The van der Waals surface area contributed by atoms with Gasteiger partial charge in [0.05, 0.1) is 12.8 Å². The van der Waals surface area contributed by atoms with Gasteiger partial charge in [0.15, 0.2) is 0 Å². The molecule has 2 aromatic rings. The lowest BCUT2D eigenvalue weighted by Gasteiger charge is -2.40. The predicted molar refractivity (Wildman–Crippen MR) is 82.4 cm³/mol. The number of benzene rings is 1. The Kier molecular flexibility index (Phi) is 5.15. The fourth-order valence-corrected chi connectivity index (χ4v) is 2.63. The van der Waals surface area contributed by atoms with Crippen LogP contribution < -0.4 is 5.73 Å². The minimum atomic E-state index is -0.212. The lowest BCUT2D eigenvalue weighted by Crippen LogP contribution is -2.52. The number of rotatable bonds is 7. The highest BCUT2D eigenvalue weighted by Gasteiger charge is 2.30. The molecule has 2 N–H and O–H groups in total. The molecule has 4 heteroatoms. The van der Waals surface area contributed by atoms with Crippen LogP contribution in [0.5, 0.6) is 0 Å². The Balaban J connectivity index is 2.15. The Morgan fingerprint density at radius 2 is 1.95 bits per heavy atom. The van der Waals surface area contributed by atoms with E-state index in [4.69, 9.17) is 10.2 Å². The first-order chi connectivity index (χ1) is 10.1. The zero-order valence-electron chi connectivity index (χ0n) is 12.7. The highest BCUT2D eigenvalue weighted by molar-refractivity contribution is 5.19. The van der Waals surface area contributed by atoms with Crippen molar-refractivity contribution in [2.24, 2.45) is 5.73 Å². The molecule has 1 aromatic carbocycles. The van der Waals surface area contributed by atoms with Gasteiger partial charge >= 0.3 is 0 Å². The van der Waals surface area contributed by atoms with Crippen LogP contribution in [0.4, 0.5) is 4.39 Å². The zero-order valence-corrected chi connectivity index (χ0v) is 12.7. The summed E-state index contributed by atoms with van der Waals surface area (Å²) < 4.78 is 18.5. The largest absolute Gasteiger partial charge is 0.468 e. The zero-order chi connectivity index (χ0) is 15.3. The summed E-state index contributed by atoms with van der Waals surface area (Å²) in [6.07, 6.45) is 2.46. The van der Waals surface area contributed by atoms with Crippen molar-refractivity contribution in [3.63, 3.8) is 0 Å². The van der Waals surface area contributed by atoms with E-state index >= 15 is 0 Å². The second kappa shape index (κ2) is 6.87. The molecule has 1 unspecified atom stereocenters. The van der Waals surface area contributed by atoms with E-state index in [2.05, 4.69) is 18.7 Å². The van der Waals surface area contributed by atoms with Crippen LogP contribution in [-0.4, -0.2) is 23.5 Å². The summed E-state index contributed by atoms with van der Waals surface area (Å²) in [7, 11) is 0. The normalized spacial score (nSPS) is 14.3. The molecule has 21 heavy (non-hydrogen) atoms. The first kappa shape index (κ1) is 15.7. The topological polar surface area (TPSA) is 42.4 Å². The molecule has 2 rings (SSSR count). The molecule has 1 atom stereocenters. The van der Waals surface area contributed by atoms with E-state index in [1.54, 1.807) is 6.26 Å². The van der Waals surface area contributed by atoms with Gasteiger partial charge in [-0.2, -0.15) is 0 Å². The van der Waals surface area contributed by atoms with Crippen LogP contribution in [0.2, 0.25) is 0 Å². The van der Waals surface area contributed by atoms with Crippen LogP contribution >= 0.6 is 0 Å². The fourth-order valence-electron chi connectivity index (χ4n) is 2.63. The minimum absolute atomic E-state index is 0.195. The summed E-state index contributed by atoms with van der Waals surface area (Å²) in [4.78, 5) is 2.30. The molecule has 1 aromatic heterocycles. The number of hydrogen-bond donors (Lipinski definition) is 1. The lowest BCUT2D eigenvalue weighted by atomic mass is 9.90. The van der Waals surface area contributed by atoms with Gasteiger partial charge in [0.1, 0.15) is 11.6 Å². The van der Waals surface area contributed by atoms with Crippen molar-refractivity contribution in [3.8, 4) is 0 Å². The second-order valence-electron chi connectivity index (χ2n) is 5.60. The summed E-state index contributed by atoms with van der Waals surface area (Å²) in [5.74, 6) is 0.715. The molecule has 0 spiro atoms. The number of nitrogens with two attached hydrogens (primary N) is 1. The van der Waals surface area contributed by atoms with Crippen molar-refractivity contribution in [1.29, 1.82) is 0 Å². The number of halogens is 1. The van der Waals surface area contributed by atoms with Gasteiger partial charge in [-0.25, -0.2) is 4.39 Å². The standard InChI is InChI=1S/C17H23FN2O/c1-3-20(12-16-5-4-10-21-16)17(2,13-19)11-14-6-8-15(18)9-7-14/h4-10H,3,11-13,19H2,1-2H3. The second-order valence-corrected chi connectivity index (χ2v) is 5.60. The van der Waals surface area contributed by atoms with E-state index in [0.29, 0.717) is 6.54 Å². The molecule has 0 aliphatic heterocycles. The van der Waals surface area contributed by atoms with Gasteiger partial charge in [0.2, 0.25) is 0 Å². The molecule has 0 saturated heterocycles. The molecule has 0 fully saturated rings. The fraction of sp³-hybridized carbons (Fsp3) is 0.412. The first-order valence-electron chi connectivity index (χ1n) is 7.29. The Morgan fingerprint density at radius 1 is 1.24 bits per heavy atom. The maximum Gasteiger partial charge on any atom is 0.123 e. The smallest absolute Gasteiger partial charge is 0.123 e. The number of furan rings is 1. The molecule has 0 radical (unpaired) electrons. The Bertz CT molecular complexity index is 538. The summed E-state index contributed by atoms with van der Waals surface area (Å²) >= 11 is 0. The van der Waals surface area contributed by atoms with Gasteiger partial charge in [-0.05, 0) is 49.7 Å². The number of likely N-dealkylation sites (N-methyl/N-ethyl adjacent to an activating group) is 1. The average Bonchev–Trinajstić information content (AvgIpc) is 3.00. The summed E-state index contributed by atoms with van der Waals surface area (Å²) in [5, 5.41) is 0. The maximum atomic E-state index is 13.0. The molecular weight excluding hydrogens is 267 g/mol. The van der Waals surface area contributed by atoms with Crippen LogP contribution in [0.1, 0.15) is 25.2 Å². The van der Waals surface area contributed by atoms with Crippen LogP contribution in [0, 0.1) is 5.82 Å². The third-order valence-corrected chi connectivity index (χ3v) is 4.01. The quantitative estimate of drug-likeness (QED) is 0.851. The molecule has 1 heterocycles. The van der Waals surface area contributed by atoms with Gasteiger partial charge in [-0.15, -0.1) is 0 Å². The van der Waals surface area contributed by atoms with Crippen molar-refractivity contribution in [1.82, 2.24) is 4.90 Å². The van der Waals surface area contributed by atoms with E-state index in [1.807, 2.05) is 24.3 Å². The van der Waals surface area contributed by atoms with Crippen molar-refractivity contribution >= 4 is 0 Å². The van der Waals surface area contributed by atoms with Gasteiger partial charge in [0, 0.05) is 12.1 Å². The summed E-state index contributed by atoms with van der Waals surface area (Å²) in [6.45, 7) is 6.37. The van der Waals surface area contributed by atoms with E-state index < -0.39 is 0 Å². The molecular formula is C17H23FN2O. The molecule has 114 valence electrons. The highest BCUT2D eigenvalue weighted by atomic mass is 19.1. The van der Waals surface area contributed by atoms with Gasteiger partial charge in [0.25, 0.3) is 0 Å². The van der Waals surface area contributed by atoms with E-state index in [-0.39, 0.29) is 11.4 Å². The molecule has 0 bridgehead atoms. The predicted octanol–water partition coefficient (Wildman–Crippen LogP) is 3.20. The third-order valence-electron chi connectivity index (χ3n) is 4.01. The van der Waals surface area contributed by atoms with Crippen molar-refractivity contribution in [2.75, 3.05) is 13.1 Å². The average molecular weight is 290 g/mol. The Morgan fingerprint density at radius 3 is 2.48 bits per heavy atom. The molecule has 3 nitrogen and oxygen atoms in total. The molecule has 0 aliphatic rings. The molecule has 0 saturated carbocycles. The minimum Gasteiger partial charge on any atom is -0.468 e. The van der Waals surface area contributed by atoms with Crippen LogP contribution in [-0.2, 0) is 13.0 Å². The van der Waals surface area contributed by atoms with E-state index in [1.165, 1.54) is 12.1 Å². The Labute approximate surface area is 125 Å². The number of hydrogen-bond acceptors (Lipinski definition) is 3. The van der Waals surface area contributed by atoms with E-state index in [0.717, 1.165) is 30.8 Å². The number of nitrogens with zero attached hydrogens (tertiary/aromatic N) is 1. The maximum absolute atomic E-state index is 13.0. The Hall–Kier alpha value is -1.65. The summed E-state index contributed by atoms with van der Waals surface area (Å²) in [5.41, 5.74) is 6.93. The van der Waals surface area contributed by atoms with Gasteiger partial charge in [-0.3, -0.25) is 4.90 Å². The lowest BCUT2D eigenvalue weighted by molar-refractivity contribution is 0.0994. The first-order valence-corrected chi connectivity index (χ1v) is 7.29. The third kappa shape index (κ3) is 3.93. The van der Waals surface area contributed by atoms with Crippen LogP contribution in [0.3, 0.4) is 0 Å². The van der Waals surface area contributed by atoms with Gasteiger partial charge < -0.3 is 10.2 Å². The molecule has 0 amide bonds. The van der Waals surface area contributed by atoms with Crippen LogP contribution in [0.15, 0.2) is 47.1 Å². The highest BCUT2D eigenvalue weighted by Crippen LogP contribution is 2.22. The van der Waals surface area contributed by atoms with Crippen molar-refractivity contribution in [3.05, 3.63) is 59.8 Å². The monoisotopic (exact) mass is 290 g/mol. The van der Waals surface area contributed by atoms with E-state index in [9.17, 15) is 4.39 Å². The van der Waals surface area contributed by atoms with Crippen molar-refractivity contribution < 1.29 is 8.81 Å². The summed E-state index contributed by atoms with van der Waals surface area (Å²) in [6, 6.07) is 10.5. The van der Waals surface area contributed by atoms with Crippen molar-refractivity contribution in [2.45, 2.75) is 32.4 Å². The van der Waals surface area contributed by atoms with Gasteiger partial charge in [-0.1, -0.05) is 19.1 Å².